The van der Waals surface area contributed by atoms with E-state index >= 15 is 0 Å². The van der Waals surface area contributed by atoms with Crippen molar-refractivity contribution in [1.82, 2.24) is 25.5 Å². The summed E-state index contributed by atoms with van der Waals surface area (Å²) in [6, 6.07) is 7.36. The molecule has 0 fully saturated rings. The van der Waals surface area contributed by atoms with Crippen LogP contribution in [0.4, 0.5) is 0 Å². The first-order chi connectivity index (χ1) is 11.6. The number of para-hydroxylation sites is 1. The Bertz CT molecular complexity index is 850. The third-order valence-corrected chi connectivity index (χ3v) is 3.84. The number of ether oxygens (including phenoxy) is 1. The monoisotopic (exact) mass is 325 g/mol. The van der Waals surface area contributed by atoms with E-state index in [2.05, 4.69) is 25.5 Å². The quantitative estimate of drug-likeness (QED) is 0.750. The number of benzene rings is 1. The third kappa shape index (κ3) is 3.19. The number of aromatic amines is 1. The smallest absolute Gasteiger partial charge is 0.258 e. The molecule has 0 aliphatic heterocycles. The number of carbonyl (C=O) groups is 1. The molecule has 0 radical (unpaired) electrons. The largest absolute Gasteiger partial charge is 0.467 e. The molecule has 0 unspecified atom stereocenters. The van der Waals surface area contributed by atoms with E-state index in [1.165, 1.54) is 6.33 Å². The van der Waals surface area contributed by atoms with Crippen LogP contribution < -0.4 is 10.1 Å². The zero-order chi connectivity index (χ0) is 17.1. The lowest BCUT2D eigenvalue weighted by atomic mass is 10.1. The number of aryl methyl sites for hydroxylation is 2. The molecule has 0 saturated heterocycles. The van der Waals surface area contributed by atoms with Gasteiger partial charge in [0.05, 0.1) is 22.6 Å². The highest BCUT2D eigenvalue weighted by Crippen LogP contribution is 2.21. The van der Waals surface area contributed by atoms with Gasteiger partial charge in [-0.15, -0.1) is 0 Å². The van der Waals surface area contributed by atoms with Crippen LogP contribution in [0.2, 0.25) is 0 Å². The van der Waals surface area contributed by atoms with Crippen LogP contribution in [0.3, 0.4) is 0 Å². The van der Waals surface area contributed by atoms with Gasteiger partial charge in [0.2, 0.25) is 5.88 Å². The van der Waals surface area contributed by atoms with Crippen molar-refractivity contribution in [2.45, 2.75) is 26.8 Å². The molecule has 1 amide bonds. The summed E-state index contributed by atoms with van der Waals surface area (Å²) >= 11 is 0. The van der Waals surface area contributed by atoms with Gasteiger partial charge >= 0.3 is 0 Å². The van der Waals surface area contributed by atoms with Gasteiger partial charge < -0.3 is 10.1 Å². The Balaban J connectivity index is 1.65. The molecule has 124 valence electrons. The zero-order valence-electron chi connectivity index (χ0n) is 13.8. The number of rotatable bonds is 5. The fraction of sp³-hybridized carbons (Fsp3) is 0.294. The van der Waals surface area contributed by atoms with Crippen molar-refractivity contribution in [3.8, 4) is 5.88 Å². The first-order valence-electron chi connectivity index (χ1n) is 7.69. The van der Waals surface area contributed by atoms with Gasteiger partial charge in [0.1, 0.15) is 6.33 Å². The van der Waals surface area contributed by atoms with Crippen LogP contribution in [0.25, 0.3) is 10.9 Å². The number of H-pyrrole nitrogens is 1. The zero-order valence-corrected chi connectivity index (χ0v) is 13.8. The van der Waals surface area contributed by atoms with Crippen molar-refractivity contribution in [1.29, 1.82) is 0 Å². The minimum atomic E-state index is -0.217. The van der Waals surface area contributed by atoms with E-state index in [0.29, 0.717) is 5.88 Å². The summed E-state index contributed by atoms with van der Waals surface area (Å²) in [5.41, 5.74) is 3.60. The van der Waals surface area contributed by atoms with Crippen molar-refractivity contribution in [2.75, 3.05) is 6.61 Å². The Hall–Kier alpha value is -2.96. The van der Waals surface area contributed by atoms with Crippen molar-refractivity contribution in [3.63, 3.8) is 0 Å². The van der Waals surface area contributed by atoms with Gasteiger partial charge in [-0.05, 0) is 32.9 Å². The molecule has 2 heterocycles. The molecule has 1 atom stereocenters. The number of hydrogen-bond donors (Lipinski definition) is 2. The van der Waals surface area contributed by atoms with Crippen molar-refractivity contribution >= 4 is 16.8 Å². The van der Waals surface area contributed by atoms with Crippen LogP contribution in [0.5, 0.6) is 5.88 Å². The standard InChI is InChI=1S/C17H19N5O2/c1-10(16-11(2)21-22-12(16)3)20-15(23)8-24-17-13-6-4-5-7-14(13)18-9-19-17/h4-7,9-10H,8H2,1-3H3,(H,20,23)(H,21,22)/t10-/m0/s1. The SMILES string of the molecule is Cc1n[nH]c(C)c1[C@H](C)NC(=O)COc1ncnc2ccccc12. The maximum atomic E-state index is 12.2. The Morgan fingerprint density at radius 2 is 2.08 bits per heavy atom. The lowest BCUT2D eigenvalue weighted by Crippen LogP contribution is -2.31. The summed E-state index contributed by atoms with van der Waals surface area (Å²) in [7, 11) is 0. The van der Waals surface area contributed by atoms with Gasteiger partial charge in [-0.2, -0.15) is 5.10 Å². The van der Waals surface area contributed by atoms with E-state index in [4.69, 9.17) is 4.74 Å². The van der Waals surface area contributed by atoms with E-state index in [9.17, 15) is 4.79 Å². The van der Waals surface area contributed by atoms with Gasteiger partial charge in [0.25, 0.3) is 5.91 Å². The van der Waals surface area contributed by atoms with Crippen LogP contribution in [0, 0.1) is 13.8 Å². The Morgan fingerprint density at radius 3 is 2.83 bits per heavy atom. The van der Waals surface area contributed by atoms with E-state index < -0.39 is 0 Å². The molecule has 0 aliphatic carbocycles. The summed E-state index contributed by atoms with van der Waals surface area (Å²) in [6.45, 7) is 5.65. The topological polar surface area (TPSA) is 92.8 Å². The van der Waals surface area contributed by atoms with Crippen LogP contribution in [-0.4, -0.2) is 32.7 Å². The molecule has 2 aromatic heterocycles. The fourth-order valence-electron chi connectivity index (χ4n) is 2.78. The molecule has 1 aromatic carbocycles. The minimum absolute atomic E-state index is 0.110. The van der Waals surface area contributed by atoms with Gasteiger partial charge in [0, 0.05) is 11.3 Å². The predicted octanol–water partition coefficient (Wildman–Crippen LogP) is 2.23. The predicted molar refractivity (Wildman–Crippen MR) is 89.7 cm³/mol. The number of carbonyl (C=O) groups excluding carboxylic acids is 1. The maximum absolute atomic E-state index is 12.2. The first-order valence-corrected chi connectivity index (χ1v) is 7.69. The van der Waals surface area contributed by atoms with Crippen LogP contribution >= 0.6 is 0 Å². The lowest BCUT2D eigenvalue weighted by Gasteiger charge is -2.15. The number of nitrogens with one attached hydrogen (secondary N) is 2. The molecular weight excluding hydrogens is 306 g/mol. The average molecular weight is 325 g/mol. The fourth-order valence-corrected chi connectivity index (χ4v) is 2.78. The van der Waals surface area contributed by atoms with E-state index in [1.807, 2.05) is 45.0 Å². The highest BCUT2D eigenvalue weighted by Gasteiger charge is 2.17. The summed E-state index contributed by atoms with van der Waals surface area (Å²) in [5.74, 6) is 0.185. The number of nitrogens with zero attached hydrogens (tertiary/aromatic N) is 3. The van der Waals surface area contributed by atoms with E-state index in [0.717, 1.165) is 27.9 Å². The van der Waals surface area contributed by atoms with Gasteiger partial charge in [-0.3, -0.25) is 9.89 Å². The molecule has 3 aromatic rings. The molecular formula is C17H19N5O2. The molecule has 0 aliphatic rings. The normalized spacial score (nSPS) is 12.1. The third-order valence-electron chi connectivity index (χ3n) is 3.84. The second kappa shape index (κ2) is 6.66. The highest BCUT2D eigenvalue weighted by atomic mass is 16.5. The maximum Gasteiger partial charge on any atom is 0.258 e. The lowest BCUT2D eigenvalue weighted by molar-refractivity contribution is -0.123. The molecule has 0 saturated carbocycles. The second-order valence-corrected chi connectivity index (χ2v) is 5.62. The summed E-state index contributed by atoms with van der Waals surface area (Å²) < 4.78 is 5.57. The first kappa shape index (κ1) is 15.9. The summed E-state index contributed by atoms with van der Waals surface area (Å²) in [4.78, 5) is 20.4. The average Bonchev–Trinajstić information content (AvgIpc) is 2.91. The van der Waals surface area contributed by atoms with Gasteiger partial charge in [-0.1, -0.05) is 12.1 Å². The van der Waals surface area contributed by atoms with Crippen LogP contribution in [0.1, 0.15) is 29.9 Å². The highest BCUT2D eigenvalue weighted by molar-refractivity contribution is 5.84. The molecule has 7 nitrogen and oxygen atoms in total. The molecule has 2 N–H and O–H groups in total. The van der Waals surface area contributed by atoms with Crippen molar-refractivity contribution < 1.29 is 9.53 Å². The van der Waals surface area contributed by atoms with Crippen LogP contribution in [0.15, 0.2) is 30.6 Å². The Kier molecular flexibility index (Phi) is 4.41. The number of aromatic nitrogens is 4. The Labute approximate surface area is 139 Å². The number of fused-ring (bicyclic) bond motifs is 1. The van der Waals surface area contributed by atoms with E-state index in [-0.39, 0.29) is 18.6 Å². The molecule has 24 heavy (non-hydrogen) atoms. The molecule has 0 bridgehead atoms. The van der Waals surface area contributed by atoms with Gasteiger partial charge in [0.15, 0.2) is 6.61 Å². The number of amides is 1. The minimum Gasteiger partial charge on any atom is -0.467 e. The molecule has 3 rings (SSSR count). The molecule has 0 spiro atoms. The van der Waals surface area contributed by atoms with Crippen molar-refractivity contribution in [2.24, 2.45) is 0 Å². The summed E-state index contributed by atoms with van der Waals surface area (Å²) in [6.07, 6.45) is 1.43. The van der Waals surface area contributed by atoms with E-state index in [1.54, 1.807) is 0 Å². The Morgan fingerprint density at radius 1 is 1.29 bits per heavy atom. The van der Waals surface area contributed by atoms with Crippen LogP contribution in [-0.2, 0) is 4.79 Å². The number of hydrogen-bond acceptors (Lipinski definition) is 5. The molecule has 7 heteroatoms. The summed E-state index contributed by atoms with van der Waals surface area (Å²) in [5, 5.41) is 10.8. The van der Waals surface area contributed by atoms with Crippen molar-refractivity contribution in [3.05, 3.63) is 47.5 Å². The van der Waals surface area contributed by atoms with Gasteiger partial charge in [-0.25, -0.2) is 9.97 Å². The second-order valence-electron chi connectivity index (χ2n) is 5.62.